The third-order valence-electron chi connectivity index (χ3n) is 3.82. The first kappa shape index (κ1) is 18.8. The Balaban J connectivity index is 2.01. The number of carbonyl (C=O) groups is 1. The number of methoxy groups -OCH3 is 1. The van der Waals surface area contributed by atoms with E-state index < -0.39 is 12.0 Å². The molecule has 0 aliphatic carbocycles. The van der Waals surface area contributed by atoms with Gasteiger partial charge in [0.25, 0.3) is 0 Å². The van der Waals surface area contributed by atoms with E-state index in [2.05, 4.69) is 5.32 Å². The molecule has 0 saturated heterocycles. The van der Waals surface area contributed by atoms with Gasteiger partial charge in [0.15, 0.2) is 11.5 Å². The predicted octanol–water partition coefficient (Wildman–Crippen LogP) is 3.27. The Morgan fingerprint density at radius 3 is 2.52 bits per heavy atom. The Kier molecular flexibility index (Phi) is 7.29. The summed E-state index contributed by atoms with van der Waals surface area (Å²) < 4.78 is 11.0. The highest BCUT2D eigenvalue weighted by molar-refractivity contribution is 5.73. The molecule has 0 radical (unpaired) electrons. The quantitative estimate of drug-likeness (QED) is 0.693. The van der Waals surface area contributed by atoms with Gasteiger partial charge in [-0.05, 0) is 36.1 Å². The zero-order valence-corrected chi connectivity index (χ0v) is 14.7. The average Bonchev–Trinajstić information content (AvgIpc) is 2.64. The Bertz CT molecular complexity index is 673. The summed E-state index contributed by atoms with van der Waals surface area (Å²) in [6.45, 7) is 3.11. The van der Waals surface area contributed by atoms with Gasteiger partial charge in [-0.1, -0.05) is 43.3 Å². The second-order valence-corrected chi connectivity index (χ2v) is 5.80. The molecule has 0 fully saturated rings. The van der Waals surface area contributed by atoms with E-state index >= 15 is 0 Å². The Hall–Kier alpha value is -2.53. The van der Waals surface area contributed by atoms with Gasteiger partial charge >= 0.3 is 5.97 Å². The van der Waals surface area contributed by atoms with Gasteiger partial charge in [-0.2, -0.15) is 0 Å². The number of hydrogen-bond donors (Lipinski definition) is 2. The standard InChI is InChI=1S/C20H25NO4/c1-3-11-25-18-10-9-16(13-19(18)24-2)14-21-17(20(22)23)12-15-7-5-4-6-8-15/h4-10,13,17,21H,3,11-12,14H2,1-2H3,(H,22,23)/t17-/m1/s1. The molecule has 5 heteroatoms. The lowest BCUT2D eigenvalue weighted by Crippen LogP contribution is -2.38. The van der Waals surface area contributed by atoms with Crippen molar-refractivity contribution in [1.82, 2.24) is 5.32 Å². The Morgan fingerprint density at radius 2 is 1.88 bits per heavy atom. The lowest BCUT2D eigenvalue weighted by Gasteiger charge is -2.16. The van der Waals surface area contributed by atoms with Crippen LogP contribution in [0.4, 0.5) is 0 Å². The summed E-state index contributed by atoms with van der Waals surface area (Å²) in [5, 5.41) is 12.5. The van der Waals surface area contributed by atoms with E-state index in [1.54, 1.807) is 7.11 Å². The summed E-state index contributed by atoms with van der Waals surface area (Å²) in [6, 6.07) is 14.6. The molecule has 0 spiro atoms. The van der Waals surface area contributed by atoms with Crippen molar-refractivity contribution in [2.75, 3.05) is 13.7 Å². The molecule has 25 heavy (non-hydrogen) atoms. The van der Waals surface area contributed by atoms with Crippen molar-refractivity contribution in [1.29, 1.82) is 0 Å². The van der Waals surface area contributed by atoms with Crippen LogP contribution in [0.5, 0.6) is 11.5 Å². The van der Waals surface area contributed by atoms with Gasteiger partial charge in [0.1, 0.15) is 6.04 Å². The molecule has 0 heterocycles. The van der Waals surface area contributed by atoms with Crippen molar-refractivity contribution >= 4 is 5.97 Å². The fourth-order valence-electron chi connectivity index (χ4n) is 2.49. The van der Waals surface area contributed by atoms with Crippen LogP contribution in [0, 0.1) is 0 Å². The van der Waals surface area contributed by atoms with Gasteiger partial charge in [-0.3, -0.25) is 4.79 Å². The molecule has 0 bridgehead atoms. The van der Waals surface area contributed by atoms with Crippen LogP contribution >= 0.6 is 0 Å². The van der Waals surface area contributed by atoms with E-state index in [0.717, 1.165) is 17.5 Å². The summed E-state index contributed by atoms with van der Waals surface area (Å²) in [5.41, 5.74) is 1.93. The topological polar surface area (TPSA) is 67.8 Å². The minimum Gasteiger partial charge on any atom is -0.493 e. The fourth-order valence-corrected chi connectivity index (χ4v) is 2.49. The second-order valence-electron chi connectivity index (χ2n) is 5.80. The van der Waals surface area contributed by atoms with E-state index in [-0.39, 0.29) is 0 Å². The molecular formula is C20H25NO4. The van der Waals surface area contributed by atoms with E-state index in [1.165, 1.54) is 0 Å². The monoisotopic (exact) mass is 343 g/mol. The normalized spacial score (nSPS) is 11.8. The lowest BCUT2D eigenvalue weighted by atomic mass is 10.1. The second kappa shape index (κ2) is 9.69. The van der Waals surface area contributed by atoms with Gasteiger partial charge in [0, 0.05) is 6.54 Å². The maximum absolute atomic E-state index is 11.5. The van der Waals surface area contributed by atoms with Gasteiger partial charge in [0.05, 0.1) is 13.7 Å². The zero-order valence-electron chi connectivity index (χ0n) is 14.7. The summed E-state index contributed by atoms with van der Waals surface area (Å²) in [5.74, 6) is 0.494. The third kappa shape index (κ3) is 5.80. The molecule has 2 aromatic carbocycles. The molecule has 2 N–H and O–H groups in total. The molecule has 0 aromatic heterocycles. The Labute approximate surface area is 148 Å². The first-order chi connectivity index (χ1) is 12.1. The molecule has 2 rings (SSSR count). The highest BCUT2D eigenvalue weighted by Gasteiger charge is 2.17. The first-order valence-corrected chi connectivity index (χ1v) is 8.43. The fraction of sp³-hybridized carbons (Fsp3) is 0.350. The van der Waals surface area contributed by atoms with E-state index in [9.17, 15) is 9.90 Å². The predicted molar refractivity (Wildman–Crippen MR) is 97.2 cm³/mol. The van der Waals surface area contributed by atoms with Gasteiger partial charge in [-0.15, -0.1) is 0 Å². The first-order valence-electron chi connectivity index (χ1n) is 8.43. The maximum atomic E-state index is 11.5. The van der Waals surface area contributed by atoms with Crippen LogP contribution in [-0.2, 0) is 17.8 Å². The number of carboxylic acid groups (broad SMARTS) is 1. The zero-order chi connectivity index (χ0) is 18.1. The van der Waals surface area contributed by atoms with Gasteiger partial charge in [0.2, 0.25) is 0 Å². The van der Waals surface area contributed by atoms with Crippen molar-refractivity contribution in [2.24, 2.45) is 0 Å². The molecule has 0 aliphatic heterocycles. The summed E-state index contributed by atoms with van der Waals surface area (Å²) in [7, 11) is 1.60. The molecule has 0 aliphatic rings. The van der Waals surface area contributed by atoms with Crippen LogP contribution in [0.15, 0.2) is 48.5 Å². The molecule has 0 unspecified atom stereocenters. The van der Waals surface area contributed by atoms with Gasteiger partial charge in [-0.25, -0.2) is 0 Å². The molecule has 1 atom stereocenters. The van der Waals surface area contributed by atoms with Crippen molar-refractivity contribution in [3.05, 3.63) is 59.7 Å². The van der Waals surface area contributed by atoms with Crippen LogP contribution < -0.4 is 14.8 Å². The molecular weight excluding hydrogens is 318 g/mol. The third-order valence-corrected chi connectivity index (χ3v) is 3.82. The lowest BCUT2D eigenvalue weighted by molar-refractivity contribution is -0.139. The maximum Gasteiger partial charge on any atom is 0.321 e. The highest BCUT2D eigenvalue weighted by atomic mass is 16.5. The summed E-state index contributed by atoms with van der Waals surface area (Å²) in [4.78, 5) is 11.5. The average molecular weight is 343 g/mol. The van der Waals surface area contributed by atoms with Crippen LogP contribution in [0.3, 0.4) is 0 Å². The van der Waals surface area contributed by atoms with Crippen LogP contribution in [0.2, 0.25) is 0 Å². The van der Waals surface area contributed by atoms with Gasteiger partial charge < -0.3 is 19.9 Å². The van der Waals surface area contributed by atoms with Crippen molar-refractivity contribution < 1.29 is 19.4 Å². The number of ether oxygens (including phenoxy) is 2. The molecule has 0 amide bonds. The number of benzene rings is 2. The van der Waals surface area contributed by atoms with E-state index in [1.807, 2.05) is 55.5 Å². The van der Waals surface area contributed by atoms with Crippen molar-refractivity contribution in [3.63, 3.8) is 0 Å². The number of carboxylic acids is 1. The smallest absolute Gasteiger partial charge is 0.321 e. The summed E-state index contributed by atoms with van der Waals surface area (Å²) >= 11 is 0. The minimum absolute atomic E-state index is 0.436. The molecule has 5 nitrogen and oxygen atoms in total. The SMILES string of the molecule is CCCOc1ccc(CN[C@H](Cc2ccccc2)C(=O)O)cc1OC. The number of aliphatic carboxylic acids is 1. The minimum atomic E-state index is -0.862. The molecule has 2 aromatic rings. The highest BCUT2D eigenvalue weighted by Crippen LogP contribution is 2.28. The van der Waals surface area contributed by atoms with Crippen molar-refractivity contribution in [2.45, 2.75) is 32.4 Å². The van der Waals surface area contributed by atoms with Crippen LogP contribution in [0.1, 0.15) is 24.5 Å². The van der Waals surface area contributed by atoms with E-state index in [4.69, 9.17) is 9.47 Å². The van der Waals surface area contributed by atoms with Crippen LogP contribution in [-0.4, -0.2) is 30.8 Å². The van der Waals surface area contributed by atoms with Crippen LogP contribution in [0.25, 0.3) is 0 Å². The summed E-state index contributed by atoms with van der Waals surface area (Å²) in [6.07, 6.45) is 1.36. The Morgan fingerprint density at radius 1 is 1.12 bits per heavy atom. The number of rotatable bonds is 10. The molecule has 0 saturated carbocycles. The number of nitrogens with one attached hydrogen (secondary N) is 1. The molecule has 134 valence electrons. The largest absolute Gasteiger partial charge is 0.493 e. The van der Waals surface area contributed by atoms with E-state index in [0.29, 0.717) is 31.1 Å². The number of hydrogen-bond acceptors (Lipinski definition) is 4. The van der Waals surface area contributed by atoms with Crippen molar-refractivity contribution in [3.8, 4) is 11.5 Å².